The van der Waals surface area contributed by atoms with Crippen molar-refractivity contribution in [2.45, 2.75) is 6.92 Å². The van der Waals surface area contributed by atoms with E-state index in [9.17, 15) is 4.79 Å². The number of pyridine rings is 1. The number of hydrogen-bond donors (Lipinski definition) is 0. The maximum atomic E-state index is 11.8. The van der Waals surface area contributed by atoms with Crippen molar-refractivity contribution in [1.82, 2.24) is 4.98 Å². The molecule has 0 aliphatic carbocycles. The average molecular weight is 249 g/mol. The number of ether oxygens (including phenoxy) is 3. The summed E-state index contributed by atoms with van der Waals surface area (Å²) in [5.74, 6) is 0.149. The van der Waals surface area contributed by atoms with Gasteiger partial charge in [0.05, 0.1) is 32.5 Å². The van der Waals surface area contributed by atoms with E-state index in [1.807, 2.05) is 6.07 Å². The Kier molecular flexibility index (Phi) is 3.94. The molecule has 5 heteroatoms. The van der Waals surface area contributed by atoms with E-state index < -0.39 is 0 Å². The van der Waals surface area contributed by atoms with Crippen molar-refractivity contribution in [3.8, 4) is 5.88 Å². The predicted molar refractivity (Wildman–Crippen MR) is 65.2 cm³/mol. The van der Waals surface area contributed by atoms with Gasteiger partial charge in [0.15, 0.2) is 0 Å². The number of rotatable bonds is 4. The highest BCUT2D eigenvalue weighted by atomic mass is 16.5. The summed E-state index contributed by atoms with van der Waals surface area (Å²) in [6, 6.07) is 3.65. The quantitative estimate of drug-likeness (QED) is 0.756. The fourth-order valence-corrected chi connectivity index (χ4v) is 1.85. The topological polar surface area (TPSA) is 57.7 Å². The lowest BCUT2D eigenvalue weighted by Crippen LogP contribution is -2.10. The molecule has 0 atom stereocenters. The molecule has 1 aliphatic rings. The summed E-state index contributed by atoms with van der Waals surface area (Å²) < 4.78 is 15.5. The molecule has 2 rings (SSSR count). The van der Waals surface area contributed by atoms with E-state index in [1.54, 1.807) is 26.3 Å². The molecule has 0 N–H and O–H groups in total. The van der Waals surface area contributed by atoms with Crippen LogP contribution in [0.1, 0.15) is 12.5 Å². The lowest BCUT2D eigenvalue weighted by molar-refractivity contribution is -0.138. The van der Waals surface area contributed by atoms with Crippen LogP contribution in [-0.2, 0) is 14.3 Å². The summed E-state index contributed by atoms with van der Waals surface area (Å²) in [4.78, 5) is 15.9. The van der Waals surface area contributed by atoms with Crippen LogP contribution >= 0.6 is 0 Å². The maximum absolute atomic E-state index is 11.8. The van der Waals surface area contributed by atoms with Gasteiger partial charge in [-0.1, -0.05) is 0 Å². The van der Waals surface area contributed by atoms with Crippen LogP contribution in [0.2, 0.25) is 0 Å². The van der Waals surface area contributed by atoms with E-state index in [2.05, 4.69) is 4.98 Å². The Balaban J connectivity index is 2.40. The van der Waals surface area contributed by atoms with Gasteiger partial charge < -0.3 is 14.2 Å². The molecule has 0 amide bonds. The second-order valence-electron chi connectivity index (χ2n) is 3.73. The minimum absolute atomic E-state index is 0.270. The Bertz CT molecular complexity index is 482. The Morgan fingerprint density at radius 1 is 1.50 bits per heavy atom. The third kappa shape index (κ3) is 2.36. The predicted octanol–water partition coefficient (Wildman–Crippen LogP) is 1.44. The average Bonchev–Trinajstić information content (AvgIpc) is 2.88. The van der Waals surface area contributed by atoms with Crippen molar-refractivity contribution >= 4 is 11.5 Å². The van der Waals surface area contributed by atoms with E-state index in [1.165, 1.54) is 0 Å². The molecule has 0 fully saturated rings. The van der Waals surface area contributed by atoms with Gasteiger partial charge in [0.25, 0.3) is 0 Å². The minimum atomic E-state index is -0.337. The highest BCUT2D eigenvalue weighted by Gasteiger charge is 2.25. The lowest BCUT2D eigenvalue weighted by atomic mass is 10.0. The van der Waals surface area contributed by atoms with Gasteiger partial charge in [-0.25, -0.2) is 9.78 Å². The van der Waals surface area contributed by atoms with Gasteiger partial charge in [0.1, 0.15) is 0 Å². The zero-order valence-electron chi connectivity index (χ0n) is 10.4. The molecule has 0 saturated carbocycles. The van der Waals surface area contributed by atoms with E-state index in [4.69, 9.17) is 14.2 Å². The van der Waals surface area contributed by atoms with Gasteiger partial charge in [-0.3, -0.25) is 0 Å². The Morgan fingerprint density at radius 2 is 2.33 bits per heavy atom. The molecule has 0 radical (unpaired) electrons. The van der Waals surface area contributed by atoms with Gasteiger partial charge in [-0.2, -0.15) is 0 Å². The van der Waals surface area contributed by atoms with E-state index in [-0.39, 0.29) is 12.6 Å². The number of hydrogen-bond acceptors (Lipinski definition) is 5. The van der Waals surface area contributed by atoms with Gasteiger partial charge in [-0.15, -0.1) is 0 Å². The highest BCUT2D eigenvalue weighted by Crippen LogP contribution is 2.30. The molecule has 0 unspecified atom stereocenters. The van der Waals surface area contributed by atoms with Crippen molar-refractivity contribution in [3.63, 3.8) is 0 Å². The lowest BCUT2D eigenvalue weighted by Gasteiger charge is -2.09. The largest absolute Gasteiger partial charge is 0.481 e. The summed E-state index contributed by atoms with van der Waals surface area (Å²) in [6.45, 7) is 2.76. The zero-order valence-corrected chi connectivity index (χ0v) is 10.4. The van der Waals surface area contributed by atoms with Crippen LogP contribution in [0.3, 0.4) is 0 Å². The van der Waals surface area contributed by atoms with Crippen molar-refractivity contribution in [2.24, 2.45) is 0 Å². The first-order valence-corrected chi connectivity index (χ1v) is 5.74. The monoisotopic (exact) mass is 249 g/mol. The van der Waals surface area contributed by atoms with Crippen LogP contribution in [0.25, 0.3) is 5.57 Å². The van der Waals surface area contributed by atoms with E-state index >= 15 is 0 Å². The minimum Gasteiger partial charge on any atom is -0.481 e. The number of carbonyl (C=O) groups is 1. The molecule has 0 saturated heterocycles. The molecular formula is C13H15NO4. The summed E-state index contributed by atoms with van der Waals surface area (Å²) in [5.41, 5.74) is 2.11. The molecule has 2 heterocycles. The Morgan fingerprint density at radius 3 is 3.06 bits per heavy atom. The van der Waals surface area contributed by atoms with Crippen molar-refractivity contribution < 1.29 is 19.0 Å². The van der Waals surface area contributed by atoms with Gasteiger partial charge >= 0.3 is 5.97 Å². The maximum Gasteiger partial charge on any atom is 0.336 e. The highest BCUT2D eigenvalue weighted by molar-refractivity contribution is 5.99. The number of aromatic nitrogens is 1. The van der Waals surface area contributed by atoms with Gasteiger partial charge in [0.2, 0.25) is 5.88 Å². The Labute approximate surface area is 105 Å². The first kappa shape index (κ1) is 12.6. The third-order valence-corrected chi connectivity index (χ3v) is 2.67. The van der Waals surface area contributed by atoms with Crippen LogP contribution in [0, 0.1) is 0 Å². The normalized spacial score (nSPS) is 14.8. The third-order valence-electron chi connectivity index (χ3n) is 2.67. The van der Waals surface area contributed by atoms with Crippen LogP contribution in [-0.4, -0.2) is 37.9 Å². The second kappa shape index (κ2) is 5.64. The number of esters is 1. The molecule has 0 bridgehead atoms. The molecule has 0 spiro atoms. The van der Waals surface area contributed by atoms with E-state index in [0.717, 1.165) is 11.1 Å². The first-order chi connectivity index (χ1) is 8.77. The summed E-state index contributed by atoms with van der Waals surface area (Å²) in [7, 11) is 1.55. The molecule has 18 heavy (non-hydrogen) atoms. The smallest absolute Gasteiger partial charge is 0.336 e. The summed E-state index contributed by atoms with van der Waals surface area (Å²) in [6.07, 6.45) is 1.64. The van der Waals surface area contributed by atoms with Crippen molar-refractivity contribution in [3.05, 3.63) is 29.5 Å². The first-order valence-electron chi connectivity index (χ1n) is 5.74. The SMILES string of the molecule is CCOC(=O)C1=C(c2cccnc2OC)COC1. The summed E-state index contributed by atoms with van der Waals surface area (Å²) >= 11 is 0. The van der Waals surface area contributed by atoms with Crippen LogP contribution < -0.4 is 4.74 Å². The molecule has 5 nitrogen and oxygen atoms in total. The summed E-state index contributed by atoms with van der Waals surface area (Å²) in [5, 5.41) is 0. The zero-order chi connectivity index (χ0) is 13.0. The van der Waals surface area contributed by atoms with Gasteiger partial charge in [0, 0.05) is 17.3 Å². The van der Waals surface area contributed by atoms with Crippen LogP contribution in [0.4, 0.5) is 0 Å². The molecule has 96 valence electrons. The standard InChI is InChI=1S/C13H15NO4/c1-3-18-13(15)11-8-17-7-10(11)9-5-4-6-14-12(9)16-2/h4-6H,3,7-8H2,1-2H3. The van der Waals surface area contributed by atoms with E-state index in [0.29, 0.717) is 24.7 Å². The number of methoxy groups -OCH3 is 1. The van der Waals surface area contributed by atoms with Crippen LogP contribution in [0.5, 0.6) is 5.88 Å². The fraction of sp³-hybridized carbons (Fsp3) is 0.385. The number of carbonyl (C=O) groups excluding carboxylic acids is 1. The van der Waals surface area contributed by atoms with Crippen molar-refractivity contribution in [1.29, 1.82) is 0 Å². The number of nitrogens with zero attached hydrogens (tertiary/aromatic N) is 1. The molecular weight excluding hydrogens is 234 g/mol. The molecule has 1 aromatic heterocycles. The van der Waals surface area contributed by atoms with Crippen molar-refractivity contribution in [2.75, 3.05) is 26.9 Å². The van der Waals surface area contributed by atoms with Crippen LogP contribution in [0.15, 0.2) is 23.9 Å². The Hall–Kier alpha value is -1.88. The second-order valence-corrected chi connectivity index (χ2v) is 3.73. The molecule has 1 aromatic rings. The van der Waals surface area contributed by atoms with Gasteiger partial charge in [-0.05, 0) is 19.1 Å². The fourth-order valence-electron chi connectivity index (χ4n) is 1.85. The molecule has 0 aromatic carbocycles. The molecule has 1 aliphatic heterocycles.